The van der Waals surface area contributed by atoms with Gasteiger partial charge < -0.3 is 19.7 Å². The van der Waals surface area contributed by atoms with Crippen molar-refractivity contribution < 1.29 is 0 Å². The van der Waals surface area contributed by atoms with Gasteiger partial charge in [-0.25, -0.2) is 0 Å². The van der Waals surface area contributed by atoms with Crippen LogP contribution in [0.4, 0.5) is 28.4 Å². The quantitative estimate of drug-likeness (QED) is 0.156. The zero-order valence-corrected chi connectivity index (χ0v) is 41.2. The zero-order valence-electron chi connectivity index (χ0n) is 41.2. The van der Waals surface area contributed by atoms with E-state index in [1.54, 1.807) is 0 Å². The van der Waals surface area contributed by atoms with Crippen molar-refractivity contribution in [2.75, 3.05) is 21.7 Å². The second kappa shape index (κ2) is 19.4. The molecule has 5 aliphatic rings. The van der Waals surface area contributed by atoms with E-state index >= 15 is 0 Å². The summed E-state index contributed by atoms with van der Waals surface area (Å²) < 4.78 is 2.45. The largest absolute Gasteiger partial charge is 0.355 e. The zero-order chi connectivity index (χ0) is 47.6. The minimum absolute atomic E-state index is 0.107. The van der Waals surface area contributed by atoms with Crippen LogP contribution in [0.5, 0.6) is 0 Å². The van der Waals surface area contributed by atoms with Gasteiger partial charge in [0.1, 0.15) is 0 Å². The first-order chi connectivity index (χ1) is 34.4. The van der Waals surface area contributed by atoms with Gasteiger partial charge in [-0.15, -0.1) is 0 Å². The number of nitrogens with zero attached hydrogens (tertiary/aromatic N) is 3. The molecule has 2 atom stereocenters. The third kappa shape index (κ3) is 8.51. The molecule has 4 nitrogen and oxygen atoms in total. The topological polar surface area (TPSA) is 23.4 Å². The molecule has 2 aliphatic heterocycles. The molecule has 348 valence electrons. The summed E-state index contributed by atoms with van der Waals surface area (Å²) >= 11 is 0. The molecule has 0 bridgehead atoms. The predicted octanol–water partition coefficient (Wildman–Crippen LogP) is 16.3. The summed E-state index contributed by atoms with van der Waals surface area (Å²) in [5.41, 5.74) is 23.2. The molecule has 1 spiro atoms. The molecule has 1 N–H and O–H groups in total. The van der Waals surface area contributed by atoms with Crippen LogP contribution in [0.15, 0.2) is 212 Å². The van der Waals surface area contributed by atoms with Gasteiger partial charge in [-0.2, -0.15) is 0 Å². The van der Waals surface area contributed by atoms with Gasteiger partial charge in [-0.05, 0) is 166 Å². The summed E-state index contributed by atoms with van der Waals surface area (Å²) in [6.07, 6.45) is 20.3. The van der Waals surface area contributed by atoms with Crippen LogP contribution >= 0.6 is 0 Å². The van der Waals surface area contributed by atoms with Gasteiger partial charge in [0, 0.05) is 87.3 Å². The Balaban J connectivity index is 0.000000143. The van der Waals surface area contributed by atoms with Gasteiger partial charge >= 0.3 is 0 Å². The molecular formula is C66H64N4. The van der Waals surface area contributed by atoms with Crippen molar-refractivity contribution in [3.63, 3.8) is 0 Å². The first kappa shape index (κ1) is 44.9. The lowest BCUT2D eigenvalue weighted by Crippen LogP contribution is -2.28. The van der Waals surface area contributed by atoms with Crippen molar-refractivity contribution in [2.45, 2.75) is 78.2 Å². The fourth-order valence-electron chi connectivity index (χ4n) is 11.7. The van der Waals surface area contributed by atoms with Crippen LogP contribution in [0.25, 0.3) is 17.0 Å². The van der Waals surface area contributed by atoms with Crippen LogP contribution in [0.1, 0.15) is 76.9 Å². The Morgan fingerprint density at radius 3 is 2.10 bits per heavy atom. The third-order valence-corrected chi connectivity index (χ3v) is 15.1. The number of rotatable bonds is 9. The minimum atomic E-state index is 0.107. The molecule has 2 unspecified atom stereocenters. The second-order valence-corrected chi connectivity index (χ2v) is 19.6. The monoisotopic (exact) mass is 913 g/mol. The van der Waals surface area contributed by atoms with Gasteiger partial charge in [0.05, 0.1) is 0 Å². The molecule has 3 heterocycles. The number of anilines is 5. The number of hydrogen-bond donors (Lipinski definition) is 1. The van der Waals surface area contributed by atoms with E-state index in [9.17, 15) is 0 Å². The average molecular weight is 913 g/mol. The van der Waals surface area contributed by atoms with Gasteiger partial charge in [0.15, 0.2) is 0 Å². The van der Waals surface area contributed by atoms with Crippen molar-refractivity contribution in [3.05, 3.63) is 262 Å². The van der Waals surface area contributed by atoms with Gasteiger partial charge in [-0.1, -0.05) is 145 Å². The highest BCUT2D eigenvalue weighted by Crippen LogP contribution is 2.70. The SMILES string of the molecule is CCN1C2=CC=C(N(c3ccccc3)c3ccc4c(c3)Cc3cc(C)ccc3N4)C3CC23c2ccccc21.CCn1c2c(c3cc(CCCc4ccccc4)ccc31)CC=CC=C2.Cc1ccccc1. The van der Waals surface area contributed by atoms with Crippen molar-refractivity contribution in [1.29, 1.82) is 0 Å². The smallest absolute Gasteiger partial charge is 0.0488 e. The van der Waals surface area contributed by atoms with Crippen molar-refractivity contribution in [2.24, 2.45) is 5.92 Å². The molecule has 8 aromatic rings. The fourth-order valence-corrected chi connectivity index (χ4v) is 11.7. The first-order valence-corrected chi connectivity index (χ1v) is 25.6. The molecule has 0 saturated heterocycles. The normalized spacial score (nSPS) is 17.3. The number of nitrogens with one attached hydrogen (secondary N) is 1. The molecule has 70 heavy (non-hydrogen) atoms. The molecule has 3 aliphatic carbocycles. The molecule has 13 rings (SSSR count). The number of fused-ring (bicyclic) bond motifs is 6. The number of benzene rings is 7. The molecule has 0 radical (unpaired) electrons. The van der Waals surface area contributed by atoms with Gasteiger partial charge in [0.2, 0.25) is 0 Å². The Kier molecular flexibility index (Phi) is 12.5. The Morgan fingerprint density at radius 2 is 1.34 bits per heavy atom. The Morgan fingerprint density at radius 1 is 0.629 bits per heavy atom. The van der Waals surface area contributed by atoms with Crippen LogP contribution in [0, 0.1) is 19.8 Å². The van der Waals surface area contributed by atoms with E-state index in [-0.39, 0.29) is 5.41 Å². The summed E-state index contributed by atoms with van der Waals surface area (Å²) in [6, 6.07) is 61.7. The summed E-state index contributed by atoms with van der Waals surface area (Å²) in [5, 5.41) is 5.11. The maximum absolute atomic E-state index is 3.67. The number of aromatic nitrogens is 1. The van der Waals surface area contributed by atoms with E-state index in [1.165, 1.54) is 114 Å². The number of allylic oxidation sites excluding steroid dienone is 7. The number of likely N-dealkylation sites (N-methyl/N-ethyl adjacent to an activating group) is 1. The third-order valence-electron chi connectivity index (χ3n) is 15.1. The van der Waals surface area contributed by atoms with E-state index in [0.29, 0.717) is 5.92 Å². The molecule has 7 aromatic carbocycles. The Hall–Kier alpha value is -7.56. The van der Waals surface area contributed by atoms with E-state index in [4.69, 9.17) is 0 Å². The first-order valence-electron chi connectivity index (χ1n) is 25.6. The lowest BCUT2D eigenvalue weighted by molar-refractivity contribution is 0.728. The summed E-state index contributed by atoms with van der Waals surface area (Å²) in [5.74, 6) is 0.470. The lowest BCUT2D eigenvalue weighted by atomic mass is 9.88. The Bertz CT molecular complexity index is 3300. The van der Waals surface area contributed by atoms with Crippen LogP contribution in [-0.4, -0.2) is 11.1 Å². The number of para-hydroxylation sites is 2. The standard InChI is InChI=1S/C35H31N3.C24H25N.C7H8/c1-3-37-32-12-8-7-11-28(32)35-22-29(35)33(17-18-34(35)37)38(26-9-5-4-6-10-26)27-14-16-31-25(21-27)20-24-19-23(2)13-15-30(24)36-31;1-2-25-23-15-8-4-7-14-21(23)22-18-20(16-17-24(22)25)13-9-12-19-10-5-3-6-11-19;1-7-5-3-2-4-6-7/h4-19,21,29,36H,3,20,22H2,1-2H3;3-8,10-11,15-18H,2,9,12-14H2,1H3;2-6H,1H3. The Labute approximate surface area is 415 Å². The molecular weight excluding hydrogens is 849 g/mol. The maximum Gasteiger partial charge on any atom is 0.0488 e. The van der Waals surface area contributed by atoms with Crippen LogP contribution < -0.4 is 15.1 Å². The van der Waals surface area contributed by atoms with Crippen molar-refractivity contribution in [1.82, 2.24) is 4.57 Å². The molecule has 1 saturated carbocycles. The fraction of sp³-hybridized carbons (Fsp3) is 0.212. The lowest BCUT2D eigenvalue weighted by Gasteiger charge is -2.33. The minimum Gasteiger partial charge on any atom is -0.355 e. The predicted molar refractivity (Wildman–Crippen MR) is 297 cm³/mol. The average Bonchev–Trinajstić information content (AvgIpc) is 4.09. The highest BCUT2D eigenvalue weighted by atomic mass is 15.2. The number of aryl methyl sites for hydroxylation is 5. The molecule has 1 aromatic heterocycles. The van der Waals surface area contributed by atoms with Crippen molar-refractivity contribution in [3.8, 4) is 0 Å². The van der Waals surface area contributed by atoms with E-state index in [2.05, 4.69) is 235 Å². The highest BCUT2D eigenvalue weighted by Gasteiger charge is 2.66. The summed E-state index contributed by atoms with van der Waals surface area (Å²) in [7, 11) is 0. The maximum atomic E-state index is 3.67. The molecule has 4 heteroatoms. The summed E-state index contributed by atoms with van der Waals surface area (Å²) in [4.78, 5) is 5.04. The van der Waals surface area contributed by atoms with Gasteiger partial charge in [-0.3, -0.25) is 0 Å². The second-order valence-electron chi connectivity index (χ2n) is 19.6. The highest BCUT2D eigenvalue weighted by molar-refractivity contribution is 5.90. The molecule has 1 fully saturated rings. The summed E-state index contributed by atoms with van der Waals surface area (Å²) in [6.45, 7) is 10.8. The van der Waals surface area contributed by atoms with E-state index in [1.807, 2.05) is 18.2 Å². The van der Waals surface area contributed by atoms with Crippen LogP contribution in [-0.2, 0) is 37.6 Å². The van der Waals surface area contributed by atoms with Crippen LogP contribution in [0.3, 0.4) is 0 Å². The van der Waals surface area contributed by atoms with Crippen LogP contribution in [0.2, 0.25) is 0 Å². The number of hydrogen-bond acceptors (Lipinski definition) is 3. The van der Waals surface area contributed by atoms with E-state index in [0.717, 1.165) is 38.8 Å². The van der Waals surface area contributed by atoms with Crippen molar-refractivity contribution >= 4 is 45.4 Å². The van der Waals surface area contributed by atoms with E-state index < -0.39 is 0 Å². The molecule has 0 amide bonds. The van der Waals surface area contributed by atoms with Gasteiger partial charge in [0.25, 0.3) is 0 Å².